The number of likely N-dealkylation sites (tertiary alicyclic amines) is 1. The molecule has 6 nitrogen and oxygen atoms in total. The van der Waals surface area contributed by atoms with E-state index in [9.17, 15) is 13.2 Å². The molecule has 168 valence electrons. The van der Waals surface area contributed by atoms with Gasteiger partial charge in [-0.2, -0.15) is 18.3 Å². The number of rotatable bonds is 7. The molecule has 0 bridgehead atoms. The summed E-state index contributed by atoms with van der Waals surface area (Å²) in [5, 5.41) is 12.1. The van der Waals surface area contributed by atoms with Crippen molar-refractivity contribution in [1.29, 1.82) is 0 Å². The van der Waals surface area contributed by atoms with Crippen LogP contribution in [0.5, 0.6) is 0 Å². The largest absolute Gasteiger partial charge is 0.435 e. The molecule has 0 spiro atoms. The van der Waals surface area contributed by atoms with Gasteiger partial charge in [0.2, 0.25) is 0 Å². The van der Waals surface area contributed by atoms with Gasteiger partial charge in [-0.1, -0.05) is 6.07 Å². The van der Waals surface area contributed by atoms with Gasteiger partial charge in [-0.15, -0.1) is 35.3 Å². The van der Waals surface area contributed by atoms with E-state index < -0.39 is 11.9 Å². The van der Waals surface area contributed by atoms with Crippen LogP contribution in [-0.4, -0.2) is 46.8 Å². The molecule has 3 heterocycles. The number of thiophene rings is 1. The van der Waals surface area contributed by atoms with Gasteiger partial charge >= 0.3 is 6.18 Å². The van der Waals surface area contributed by atoms with Gasteiger partial charge in [-0.05, 0) is 44.3 Å². The van der Waals surface area contributed by atoms with Crippen molar-refractivity contribution in [1.82, 2.24) is 25.3 Å². The molecule has 2 N–H and O–H groups in total. The second-order valence-electron chi connectivity index (χ2n) is 7.02. The van der Waals surface area contributed by atoms with Crippen LogP contribution < -0.4 is 10.6 Å². The van der Waals surface area contributed by atoms with E-state index in [1.807, 2.05) is 13.0 Å². The summed E-state index contributed by atoms with van der Waals surface area (Å²) in [6.07, 6.45) is -0.735. The molecule has 0 saturated carbocycles. The van der Waals surface area contributed by atoms with E-state index in [-0.39, 0.29) is 42.1 Å². The second-order valence-corrected chi connectivity index (χ2v) is 8.00. The molecule has 2 aromatic heterocycles. The topological polar surface area (TPSA) is 57.5 Å². The maximum Gasteiger partial charge on any atom is 0.435 e. The monoisotopic (exact) mass is 556 g/mol. The Hall–Kier alpha value is -1.34. The zero-order valence-electron chi connectivity index (χ0n) is 17.1. The fraction of sp³-hybridized carbons (Fsp3) is 0.579. The van der Waals surface area contributed by atoms with Gasteiger partial charge in [0.05, 0.1) is 12.6 Å². The van der Waals surface area contributed by atoms with Crippen molar-refractivity contribution in [2.75, 3.05) is 26.2 Å². The zero-order chi connectivity index (χ0) is 20.9. The quantitative estimate of drug-likeness (QED) is 0.308. The van der Waals surface area contributed by atoms with Crippen LogP contribution in [0.25, 0.3) is 0 Å². The summed E-state index contributed by atoms with van der Waals surface area (Å²) in [5.41, 5.74) is -0.820. The van der Waals surface area contributed by atoms with Crippen molar-refractivity contribution in [3.05, 3.63) is 39.8 Å². The number of hydrogen-bond acceptors (Lipinski definition) is 4. The van der Waals surface area contributed by atoms with Crippen molar-refractivity contribution >= 4 is 41.3 Å². The van der Waals surface area contributed by atoms with Crippen LogP contribution in [0.4, 0.5) is 13.2 Å². The van der Waals surface area contributed by atoms with Crippen molar-refractivity contribution in [2.24, 2.45) is 12.0 Å². The van der Waals surface area contributed by atoms with Gasteiger partial charge in [-0.25, -0.2) is 4.99 Å². The Bertz CT molecular complexity index is 800. The third kappa shape index (κ3) is 6.58. The Morgan fingerprint density at radius 1 is 1.30 bits per heavy atom. The first-order valence-corrected chi connectivity index (χ1v) is 10.7. The SMILES string of the molecule is CCNC(=NCc1cn(C)nc1C(F)(F)F)NCC(c1cccs1)N1CCCC1.I. The number of alkyl halides is 3. The third-order valence-electron chi connectivity index (χ3n) is 4.84. The van der Waals surface area contributed by atoms with Gasteiger partial charge in [0, 0.05) is 36.8 Å². The highest BCUT2D eigenvalue weighted by Crippen LogP contribution is 2.31. The summed E-state index contributed by atoms with van der Waals surface area (Å²) >= 11 is 1.72. The highest BCUT2D eigenvalue weighted by atomic mass is 127. The van der Waals surface area contributed by atoms with E-state index in [1.165, 1.54) is 35.6 Å². The van der Waals surface area contributed by atoms with Crippen LogP contribution in [0.15, 0.2) is 28.7 Å². The van der Waals surface area contributed by atoms with E-state index in [0.29, 0.717) is 19.0 Å². The number of halogens is 4. The van der Waals surface area contributed by atoms with E-state index in [2.05, 4.69) is 37.1 Å². The molecule has 3 rings (SSSR count). The minimum atomic E-state index is -4.49. The number of hydrogen-bond donors (Lipinski definition) is 2. The lowest BCUT2D eigenvalue weighted by Crippen LogP contribution is -2.42. The van der Waals surface area contributed by atoms with Gasteiger partial charge < -0.3 is 10.6 Å². The summed E-state index contributed by atoms with van der Waals surface area (Å²) in [6.45, 7) is 5.22. The Morgan fingerprint density at radius 2 is 2.03 bits per heavy atom. The predicted octanol–water partition coefficient (Wildman–Crippen LogP) is 4.01. The summed E-state index contributed by atoms with van der Waals surface area (Å²) in [5.74, 6) is 0.505. The van der Waals surface area contributed by atoms with E-state index in [0.717, 1.165) is 13.1 Å². The molecule has 1 saturated heterocycles. The summed E-state index contributed by atoms with van der Waals surface area (Å²) < 4.78 is 40.6. The highest BCUT2D eigenvalue weighted by Gasteiger charge is 2.36. The minimum absolute atomic E-state index is 0. The Labute approximate surface area is 196 Å². The third-order valence-corrected chi connectivity index (χ3v) is 5.81. The smallest absolute Gasteiger partial charge is 0.357 e. The highest BCUT2D eigenvalue weighted by molar-refractivity contribution is 14.0. The van der Waals surface area contributed by atoms with Crippen molar-refractivity contribution in [3.63, 3.8) is 0 Å². The van der Waals surface area contributed by atoms with Crippen LogP contribution in [-0.2, 0) is 19.8 Å². The number of nitrogens with one attached hydrogen (secondary N) is 2. The lowest BCUT2D eigenvalue weighted by Gasteiger charge is -2.27. The summed E-state index contributed by atoms with van der Waals surface area (Å²) in [6, 6.07) is 4.40. The normalized spacial score (nSPS) is 16.4. The van der Waals surface area contributed by atoms with Crippen molar-refractivity contribution < 1.29 is 13.2 Å². The molecule has 0 amide bonds. The second kappa shape index (κ2) is 11.3. The fourth-order valence-electron chi connectivity index (χ4n) is 3.54. The number of aryl methyl sites for hydroxylation is 1. The molecule has 30 heavy (non-hydrogen) atoms. The maximum atomic E-state index is 13.2. The van der Waals surface area contributed by atoms with Crippen LogP contribution in [0.2, 0.25) is 0 Å². The van der Waals surface area contributed by atoms with Crippen LogP contribution in [0.3, 0.4) is 0 Å². The minimum Gasteiger partial charge on any atom is -0.357 e. The molecule has 11 heteroatoms. The van der Waals surface area contributed by atoms with Crippen LogP contribution in [0.1, 0.15) is 41.9 Å². The molecule has 0 radical (unpaired) electrons. The molecule has 0 aromatic carbocycles. The van der Waals surface area contributed by atoms with Gasteiger partial charge in [0.15, 0.2) is 11.7 Å². The lowest BCUT2D eigenvalue weighted by atomic mass is 10.2. The number of aliphatic imine (C=N–C) groups is 1. The molecule has 1 aliphatic heterocycles. The maximum absolute atomic E-state index is 13.2. The first-order chi connectivity index (χ1) is 13.9. The van der Waals surface area contributed by atoms with E-state index in [1.54, 1.807) is 11.3 Å². The molecule has 1 fully saturated rings. The Balaban J connectivity index is 0.00000320. The van der Waals surface area contributed by atoms with E-state index in [4.69, 9.17) is 0 Å². The summed E-state index contributed by atoms with van der Waals surface area (Å²) in [4.78, 5) is 8.11. The average Bonchev–Trinajstić information content (AvgIpc) is 3.41. The van der Waals surface area contributed by atoms with Gasteiger partial charge in [0.25, 0.3) is 0 Å². The molecule has 0 aliphatic carbocycles. The lowest BCUT2D eigenvalue weighted by molar-refractivity contribution is -0.142. The van der Waals surface area contributed by atoms with E-state index >= 15 is 0 Å². The van der Waals surface area contributed by atoms with Gasteiger partial charge in [0.1, 0.15) is 0 Å². The Kier molecular flexibility index (Phi) is 9.41. The Morgan fingerprint density at radius 3 is 2.63 bits per heavy atom. The average molecular weight is 556 g/mol. The number of aromatic nitrogens is 2. The number of guanidine groups is 1. The standard InChI is InChI=1S/C19H27F3N6S.HI/c1-3-23-18(24-11-14-13-27(2)26-17(14)19(20,21)22)25-12-15(16-7-6-10-29-16)28-8-4-5-9-28;/h6-7,10,13,15H,3-5,8-9,11-12H2,1-2H3,(H2,23,24,25);1H. The van der Waals surface area contributed by atoms with Gasteiger partial charge in [-0.3, -0.25) is 9.58 Å². The first-order valence-electron chi connectivity index (χ1n) is 9.77. The van der Waals surface area contributed by atoms with Crippen molar-refractivity contribution in [2.45, 2.75) is 38.5 Å². The molecular weight excluding hydrogens is 528 g/mol. The molecule has 1 atom stereocenters. The molecular formula is C19H28F3IN6S. The number of nitrogens with zero attached hydrogens (tertiary/aromatic N) is 4. The first kappa shape index (κ1) is 24.9. The molecule has 1 aliphatic rings. The predicted molar refractivity (Wildman–Crippen MR) is 124 cm³/mol. The molecule has 1 unspecified atom stereocenters. The van der Waals surface area contributed by atoms with Crippen molar-refractivity contribution in [3.8, 4) is 0 Å². The van der Waals surface area contributed by atoms with Crippen LogP contribution >= 0.6 is 35.3 Å². The fourth-order valence-corrected chi connectivity index (χ4v) is 4.40. The zero-order valence-corrected chi connectivity index (χ0v) is 20.2. The summed E-state index contributed by atoms with van der Waals surface area (Å²) in [7, 11) is 1.48. The van der Waals surface area contributed by atoms with Crippen LogP contribution in [0, 0.1) is 0 Å². The molecule has 2 aromatic rings.